The van der Waals surface area contributed by atoms with Crippen LogP contribution in [0.1, 0.15) is 31.5 Å². The number of carbonyl (C=O) groups excluding carboxylic acids is 1. The number of rotatable bonds is 6. The molecule has 0 aliphatic heterocycles. The molecule has 0 amide bonds. The zero-order valence-electron chi connectivity index (χ0n) is 11.3. The van der Waals surface area contributed by atoms with Gasteiger partial charge >= 0.3 is 5.97 Å². The van der Waals surface area contributed by atoms with Gasteiger partial charge in [0.25, 0.3) is 0 Å². The van der Waals surface area contributed by atoms with E-state index in [1.165, 1.54) is 25.6 Å². The van der Waals surface area contributed by atoms with Gasteiger partial charge in [0.2, 0.25) is 0 Å². The van der Waals surface area contributed by atoms with Crippen LogP contribution in [0.3, 0.4) is 0 Å². The Morgan fingerprint density at radius 2 is 2.39 bits per heavy atom. The van der Waals surface area contributed by atoms with Crippen molar-refractivity contribution in [2.75, 3.05) is 20.7 Å². The lowest BCUT2D eigenvalue weighted by molar-refractivity contribution is -0.145. The Labute approximate surface area is 108 Å². The molecule has 1 saturated carbocycles. The molecule has 0 N–H and O–H groups in total. The number of aromatic nitrogens is 2. The molecule has 1 unspecified atom stereocenters. The molecule has 0 bridgehead atoms. The maximum Gasteiger partial charge on any atom is 0.309 e. The summed E-state index contributed by atoms with van der Waals surface area (Å²) < 4.78 is 6.99. The van der Waals surface area contributed by atoms with Gasteiger partial charge in [0, 0.05) is 25.3 Å². The van der Waals surface area contributed by atoms with E-state index in [0.29, 0.717) is 12.6 Å². The van der Waals surface area contributed by atoms with E-state index in [9.17, 15) is 4.79 Å². The third-order valence-electron chi connectivity index (χ3n) is 3.31. The van der Waals surface area contributed by atoms with Crippen molar-refractivity contribution in [1.29, 1.82) is 0 Å². The number of imidazole rings is 1. The van der Waals surface area contributed by atoms with Gasteiger partial charge in [-0.2, -0.15) is 0 Å². The molecule has 2 rings (SSSR count). The van der Waals surface area contributed by atoms with E-state index < -0.39 is 0 Å². The van der Waals surface area contributed by atoms with Crippen molar-refractivity contribution < 1.29 is 9.53 Å². The highest BCUT2D eigenvalue weighted by Crippen LogP contribution is 2.35. The molecule has 1 fully saturated rings. The van der Waals surface area contributed by atoms with E-state index >= 15 is 0 Å². The van der Waals surface area contributed by atoms with Gasteiger partial charge in [0.05, 0.1) is 25.0 Å². The van der Waals surface area contributed by atoms with E-state index in [4.69, 9.17) is 4.74 Å². The smallest absolute Gasteiger partial charge is 0.309 e. The highest BCUT2D eigenvalue weighted by atomic mass is 16.5. The lowest BCUT2D eigenvalue weighted by Gasteiger charge is -2.20. The Hall–Kier alpha value is -1.36. The van der Waals surface area contributed by atoms with Crippen LogP contribution < -0.4 is 0 Å². The van der Waals surface area contributed by atoms with Crippen LogP contribution in [-0.2, 0) is 16.1 Å². The predicted octanol–water partition coefficient (Wildman–Crippen LogP) is 1.46. The summed E-state index contributed by atoms with van der Waals surface area (Å²) in [5.74, 6) is -0.255. The average Bonchev–Trinajstić information content (AvgIpc) is 3.09. The zero-order valence-corrected chi connectivity index (χ0v) is 11.3. The number of hydrogen-bond donors (Lipinski definition) is 0. The summed E-state index contributed by atoms with van der Waals surface area (Å²) in [7, 11) is 3.45. The first-order chi connectivity index (χ1) is 8.61. The maximum atomic E-state index is 11.4. The molecule has 0 radical (unpaired) electrons. The normalized spacial score (nSPS) is 16.9. The second-order valence-electron chi connectivity index (χ2n) is 5.14. The molecule has 18 heavy (non-hydrogen) atoms. The fourth-order valence-corrected chi connectivity index (χ4v) is 2.22. The van der Waals surface area contributed by atoms with Crippen molar-refractivity contribution in [1.82, 2.24) is 14.5 Å². The van der Waals surface area contributed by atoms with Crippen LogP contribution in [0, 0.1) is 5.92 Å². The summed E-state index contributed by atoms with van der Waals surface area (Å²) >= 11 is 0. The molecule has 5 nitrogen and oxygen atoms in total. The third kappa shape index (κ3) is 3.10. The van der Waals surface area contributed by atoms with Crippen molar-refractivity contribution in [3.05, 3.63) is 18.2 Å². The average molecular weight is 251 g/mol. The molecule has 1 aromatic heterocycles. The number of esters is 1. The molecular weight excluding hydrogens is 230 g/mol. The van der Waals surface area contributed by atoms with Crippen LogP contribution in [0.5, 0.6) is 0 Å². The Kier molecular flexibility index (Phi) is 4.01. The van der Waals surface area contributed by atoms with Gasteiger partial charge in [-0.05, 0) is 19.9 Å². The second kappa shape index (κ2) is 5.52. The van der Waals surface area contributed by atoms with E-state index in [0.717, 1.165) is 6.54 Å². The number of hydrogen-bond acceptors (Lipinski definition) is 4. The zero-order chi connectivity index (χ0) is 13.1. The van der Waals surface area contributed by atoms with Gasteiger partial charge in [-0.25, -0.2) is 4.98 Å². The minimum atomic E-state index is -0.155. The van der Waals surface area contributed by atoms with Gasteiger partial charge < -0.3 is 9.30 Å². The monoisotopic (exact) mass is 251 g/mol. The summed E-state index contributed by atoms with van der Waals surface area (Å²) in [6.07, 6.45) is 6.33. The van der Waals surface area contributed by atoms with Crippen LogP contribution in [0.2, 0.25) is 0 Å². The quantitative estimate of drug-likeness (QED) is 0.718. The molecule has 1 aliphatic rings. The number of methoxy groups -OCH3 is 1. The van der Waals surface area contributed by atoms with Gasteiger partial charge in [-0.3, -0.25) is 9.69 Å². The molecule has 1 aromatic rings. The lowest BCUT2D eigenvalue weighted by Crippen LogP contribution is -2.29. The van der Waals surface area contributed by atoms with Crippen molar-refractivity contribution in [2.45, 2.75) is 32.4 Å². The summed E-state index contributed by atoms with van der Waals surface area (Å²) in [5.41, 5.74) is 1.22. The first-order valence-corrected chi connectivity index (χ1v) is 6.39. The number of ether oxygens (including phenoxy) is 1. The predicted molar refractivity (Wildman–Crippen MR) is 68.0 cm³/mol. The SMILES string of the molecule is COC(=O)C(C)CN(C)Cc1cncn1C1CC1. The van der Waals surface area contributed by atoms with Crippen LogP contribution in [-0.4, -0.2) is 41.1 Å². The van der Waals surface area contributed by atoms with Crippen molar-refractivity contribution in [3.63, 3.8) is 0 Å². The summed E-state index contributed by atoms with van der Waals surface area (Å²) in [6.45, 7) is 3.40. The van der Waals surface area contributed by atoms with Crippen molar-refractivity contribution in [2.24, 2.45) is 5.92 Å². The summed E-state index contributed by atoms with van der Waals surface area (Å²) in [4.78, 5) is 17.7. The summed E-state index contributed by atoms with van der Waals surface area (Å²) in [6, 6.07) is 0.647. The Balaban J connectivity index is 1.88. The van der Waals surface area contributed by atoms with E-state index in [2.05, 4.69) is 14.5 Å². The largest absolute Gasteiger partial charge is 0.469 e. The van der Waals surface area contributed by atoms with Crippen LogP contribution in [0.25, 0.3) is 0 Å². The number of nitrogens with zero attached hydrogens (tertiary/aromatic N) is 3. The van der Waals surface area contributed by atoms with Crippen molar-refractivity contribution in [3.8, 4) is 0 Å². The molecule has 0 saturated heterocycles. The molecule has 0 spiro atoms. The van der Waals surface area contributed by atoms with E-state index in [1.807, 2.05) is 26.5 Å². The standard InChI is InChI=1S/C13H21N3O2/c1-10(13(17)18-3)7-15(2)8-12-6-14-9-16(12)11-4-5-11/h6,9-11H,4-5,7-8H2,1-3H3. The van der Waals surface area contributed by atoms with Gasteiger partial charge in [0.15, 0.2) is 0 Å². The van der Waals surface area contributed by atoms with Crippen molar-refractivity contribution >= 4 is 5.97 Å². The number of carbonyl (C=O) groups is 1. The molecule has 5 heteroatoms. The molecule has 0 aromatic carbocycles. The maximum absolute atomic E-state index is 11.4. The van der Waals surface area contributed by atoms with E-state index in [1.54, 1.807) is 0 Å². The fourth-order valence-electron chi connectivity index (χ4n) is 2.22. The fraction of sp³-hybridized carbons (Fsp3) is 0.692. The van der Waals surface area contributed by atoms with E-state index in [-0.39, 0.29) is 11.9 Å². The van der Waals surface area contributed by atoms with Crippen LogP contribution >= 0.6 is 0 Å². The van der Waals surface area contributed by atoms with Gasteiger partial charge in [0.1, 0.15) is 0 Å². The Morgan fingerprint density at radius 3 is 3.00 bits per heavy atom. The lowest BCUT2D eigenvalue weighted by atomic mass is 10.2. The molecular formula is C13H21N3O2. The molecule has 1 atom stereocenters. The first kappa shape index (κ1) is 13.1. The molecule has 1 heterocycles. The highest BCUT2D eigenvalue weighted by molar-refractivity contribution is 5.72. The highest BCUT2D eigenvalue weighted by Gasteiger charge is 2.25. The minimum Gasteiger partial charge on any atom is -0.469 e. The minimum absolute atomic E-state index is 0.0997. The Morgan fingerprint density at radius 1 is 1.67 bits per heavy atom. The Bertz CT molecular complexity index is 412. The van der Waals surface area contributed by atoms with Gasteiger partial charge in [-0.15, -0.1) is 0 Å². The van der Waals surface area contributed by atoms with Crippen LogP contribution in [0.4, 0.5) is 0 Å². The molecule has 100 valence electrons. The van der Waals surface area contributed by atoms with Crippen LogP contribution in [0.15, 0.2) is 12.5 Å². The van der Waals surface area contributed by atoms with Gasteiger partial charge in [-0.1, -0.05) is 6.92 Å². The second-order valence-corrected chi connectivity index (χ2v) is 5.14. The summed E-state index contributed by atoms with van der Waals surface area (Å²) in [5, 5.41) is 0. The third-order valence-corrected chi connectivity index (χ3v) is 3.31. The molecule has 1 aliphatic carbocycles. The topological polar surface area (TPSA) is 47.4 Å². The first-order valence-electron chi connectivity index (χ1n) is 6.39.